The Morgan fingerprint density at radius 2 is 1.78 bits per heavy atom. The second-order valence-corrected chi connectivity index (χ2v) is 8.77. The second kappa shape index (κ2) is 7.38. The summed E-state index contributed by atoms with van der Waals surface area (Å²) in [7, 11) is 0. The van der Waals surface area contributed by atoms with E-state index >= 15 is 0 Å². The molecule has 8 nitrogen and oxygen atoms in total. The lowest BCUT2D eigenvalue weighted by Gasteiger charge is -2.22. The fourth-order valence-corrected chi connectivity index (χ4v) is 4.75. The number of hydrogen-bond donors (Lipinski definition) is 1. The summed E-state index contributed by atoms with van der Waals surface area (Å²) in [6.07, 6.45) is 1.85. The van der Waals surface area contributed by atoms with Gasteiger partial charge in [-0.3, -0.25) is 14.5 Å². The minimum atomic E-state index is -0.839. The van der Waals surface area contributed by atoms with Crippen LogP contribution in [0.2, 0.25) is 0 Å². The predicted molar refractivity (Wildman–Crippen MR) is 121 cm³/mol. The molecule has 1 aromatic carbocycles. The van der Waals surface area contributed by atoms with Gasteiger partial charge in [-0.15, -0.1) is 10.2 Å². The van der Waals surface area contributed by atoms with Gasteiger partial charge >= 0.3 is 5.91 Å². The van der Waals surface area contributed by atoms with Gasteiger partial charge in [0.15, 0.2) is 5.76 Å². The summed E-state index contributed by atoms with van der Waals surface area (Å²) in [5, 5.41) is 20.4. The summed E-state index contributed by atoms with van der Waals surface area (Å²) in [5.74, 6) is -1.84. The molecule has 1 saturated heterocycles. The molecule has 32 heavy (non-hydrogen) atoms. The van der Waals surface area contributed by atoms with E-state index in [0.717, 1.165) is 5.56 Å². The van der Waals surface area contributed by atoms with Gasteiger partial charge in [-0.2, -0.15) is 0 Å². The number of carbonyl (C=O) groups is 2. The Labute approximate surface area is 187 Å². The number of hydrogen-bond acceptors (Lipinski definition) is 7. The third-order valence-corrected chi connectivity index (χ3v) is 6.43. The van der Waals surface area contributed by atoms with Crippen LogP contribution in [0.5, 0.6) is 0 Å². The summed E-state index contributed by atoms with van der Waals surface area (Å²) in [6, 6.07) is 12.1. The molecule has 1 atom stereocenters. The number of imidazole rings is 1. The minimum Gasteiger partial charge on any atom is -0.505 e. The number of Topliss-reactive ketones (excluding diaryl/α,β-unsaturated/α-hetero) is 1. The Morgan fingerprint density at radius 1 is 1.03 bits per heavy atom. The maximum atomic E-state index is 13.2. The van der Waals surface area contributed by atoms with E-state index in [4.69, 9.17) is 0 Å². The highest BCUT2D eigenvalue weighted by Crippen LogP contribution is 2.43. The lowest BCUT2D eigenvalue weighted by molar-refractivity contribution is -0.132. The predicted octanol–water partition coefficient (Wildman–Crippen LogP) is 3.74. The van der Waals surface area contributed by atoms with Crippen molar-refractivity contribution in [3.63, 3.8) is 0 Å². The molecule has 0 saturated carbocycles. The molecule has 9 heteroatoms. The van der Waals surface area contributed by atoms with Crippen molar-refractivity contribution in [2.24, 2.45) is 0 Å². The monoisotopic (exact) mass is 445 g/mol. The van der Waals surface area contributed by atoms with Crippen LogP contribution in [0.3, 0.4) is 0 Å². The first-order chi connectivity index (χ1) is 15.4. The normalized spacial score (nSPS) is 18.1. The van der Waals surface area contributed by atoms with E-state index < -0.39 is 17.7 Å². The van der Waals surface area contributed by atoms with Crippen molar-refractivity contribution < 1.29 is 14.7 Å². The Bertz CT molecular complexity index is 1420. The summed E-state index contributed by atoms with van der Waals surface area (Å²) < 4.78 is 1.85. The number of aryl methyl sites for hydroxylation is 3. The van der Waals surface area contributed by atoms with Gasteiger partial charge < -0.3 is 9.51 Å². The van der Waals surface area contributed by atoms with Gasteiger partial charge in [-0.05, 0) is 38.0 Å². The molecule has 1 unspecified atom stereocenters. The number of rotatable bonds is 3. The van der Waals surface area contributed by atoms with Gasteiger partial charge in [0.1, 0.15) is 16.3 Å². The number of fused-ring (bicyclic) bond motifs is 1. The van der Waals surface area contributed by atoms with Crippen molar-refractivity contribution in [3.05, 3.63) is 81.8 Å². The number of aromatic nitrogens is 4. The topological polar surface area (TPSA) is 101 Å². The third kappa shape index (κ3) is 2.93. The van der Waals surface area contributed by atoms with Crippen LogP contribution < -0.4 is 4.90 Å². The van der Waals surface area contributed by atoms with Gasteiger partial charge in [0.25, 0.3) is 5.78 Å². The molecular formula is C23H19N5O3S. The summed E-state index contributed by atoms with van der Waals surface area (Å²) in [4.78, 5) is 32.2. The molecule has 1 amide bonds. The number of carbonyl (C=O) groups excluding carboxylic acids is 2. The largest absolute Gasteiger partial charge is 0.505 e. The summed E-state index contributed by atoms with van der Waals surface area (Å²) in [5.41, 5.74) is 3.21. The third-order valence-electron chi connectivity index (χ3n) is 5.59. The standard InChI is InChI=1S/C23H19N5O3S/c1-12-8-7-11-27-13(2)17(24-21(12)27)19(29)16-18(15-9-5-4-6-10-15)28(22(31)20(16)30)23-26-25-14(3)32-23/h4-11,18,29H,1-3H3/b19-16+. The zero-order valence-corrected chi connectivity index (χ0v) is 18.4. The number of anilines is 1. The Morgan fingerprint density at radius 3 is 2.44 bits per heavy atom. The van der Waals surface area contributed by atoms with Crippen molar-refractivity contribution in [2.45, 2.75) is 26.8 Å². The van der Waals surface area contributed by atoms with Crippen molar-refractivity contribution >= 4 is 39.6 Å². The molecule has 5 rings (SSSR count). The number of nitrogens with zero attached hydrogens (tertiary/aromatic N) is 5. The van der Waals surface area contributed by atoms with Crippen LogP contribution in [0.25, 0.3) is 11.4 Å². The number of ketones is 1. The van der Waals surface area contributed by atoms with Gasteiger partial charge in [0, 0.05) is 6.20 Å². The Hall–Kier alpha value is -3.85. The van der Waals surface area contributed by atoms with E-state index in [2.05, 4.69) is 15.2 Å². The fraction of sp³-hybridized carbons (Fsp3) is 0.174. The van der Waals surface area contributed by atoms with Gasteiger partial charge in [0.05, 0.1) is 17.3 Å². The molecule has 1 aliphatic rings. The van der Waals surface area contributed by atoms with Crippen LogP contribution in [0.4, 0.5) is 5.13 Å². The first-order valence-corrected chi connectivity index (χ1v) is 10.8. The molecule has 160 valence electrons. The van der Waals surface area contributed by atoms with Gasteiger partial charge in [-0.1, -0.05) is 47.7 Å². The first kappa shape index (κ1) is 20.1. The molecule has 0 radical (unpaired) electrons. The quantitative estimate of drug-likeness (QED) is 0.293. The molecule has 1 N–H and O–H groups in total. The van der Waals surface area contributed by atoms with Crippen molar-refractivity contribution in [2.75, 3.05) is 4.90 Å². The highest BCUT2D eigenvalue weighted by molar-refractivity contribution is 7.15. The van der Waals surface area contributed by atoms with Crippen LogP contribution in [-0.4, -0.2) is 36.4 Å². The van der Waals surface area contributed by atoms with Gasteiger partial charge in [-0.25, -0.2) is 4.98 Å². The van der Waals surface area contributed by atoms with Crippen molar-refractivity contribution in [3.8, 4) is 0 Å². The molecule has 1 fully saturated rings. The molecule has 4 heterocycles. The van der Waals surface area contributed by atoms with E-state index in [1.54, 1.807) is 6.92 Å². The molecule has 0 aliphatic carbocycles. The summed E-state index contributed by atoms with van der Waals surface area (Å²) >= 11 is 1.21. The second-order valence-electron chi connectivity index (χ2n) is 7.61. The smallest absolute Gasteiger partial charge is 0.301 e. The Kier molecular flexibility index (Phi) is 4.63. The molecule has 0 spiro atoms. The molecule has 4 aromatic rings. The number of aliphatic hydroxyl groups is 1. The number of benzene rings is 1. The molecule has 0 bridgehead atoms. The molecular weight excluding hydrogens is 426 g/mol. The van der Waals surface area contributed by atoms with E-state index in [1.165, 1.54) is 16.2 Å². The zero-order valence-electron chi connectivity index (χ0n) is 17.6. The molecule has 3 aromatic heterocycles. The maximum Gasteiger partial charge on any atom is 0.301 e. The maximum absolute atomic E-state index is 13.2. The summed E-state index contributed by atoms with van der Waals surface area (Å²) in [6.45, 7) is 5.51. The number of pyridine rings is 1. The van der Waals surface area contributed by atoms with Crippen LogP contribution in [-0.2, 0) is 9.59 Å². The van der Waals surface area contributed by atoms with Crippen molar-refractivity contribution in [1.82, 2.24) is 19.6 Å². The fourth-order valence-electron chi connectivity index (χ4n) is 4.04. The van der Waals surface area contributed by atoms with Crippen LogP contribution in [0.15, 0.2) is 54.2 Å². The Balaban J connectivity index is 1.77. The zero-order chi connectivity index (χ0) is 22.6. The van der Waals surface area contributed by atoms with E-state index in [-0.39, 0.29) is 17.0 Å². The van der Waals surface area contributed by atoms with Gasteiger partial charge in [0.2, 0.25) is 5.13 Å². The van der Waals surface area contributed by atoms with E-state index in [9.17, 15) is 14.7 Å². The van der Waals surface area contributed by atoms with E-state index in [1.807, 2.05) is 66.9 Å². The average molecular weight is 446 g/mol. The number of amides is 1. The van der Waals surface area contributed by atoms with E-state index in [0.29, 0.717) is 27.0 Å². The van der Waals surface area contributed by atoms with Crippen LogP contribution in [0.1, 0.15) is 33.6 Å². The number of aliphatic hydroxyl groups excluding tert-OH is 1. The molecule has 1 aliphatic heterocycles. The SMILES string of the molecule is Cc1nnc(N2C(=O)C(=O)/C(=C(/O)c3nc4c(C)cccn4c3C)C2c2ccccc2)s1. The highest BCUT2D eigenvalue weighted by Gasteiger charge is 2.48. The lowest BCUT2D eigenvalue weighted by atomic mass is 9.96. The lowest BCUT2D eigenvalue weighted by Crippen LogP contribution is -2.29. The first-order valence-electron chi connectivity index (χ1n) is 9.99. The highest BCUT2D eigenvalue weighted by atomic mass is 32.1. The average Bonchev–Trinajstić information content (AvgIpc) is 3.44. The minimum absolute atomic E-state index is 0.0155. The van der Waals surface area contributed by atoms with Crippen LogP contribution in [0, 0.1) is 20.8 Å². The van der Waals surface area contributed by atoms with Crippen molar-refractivity contribution in [1.29, 1.82) is 0 Å². The van der Waals surface area contributed by atoms with Crippen LogP contribution >= 0.6 is 11.3 Å².